The highest BCUT2D eigenvalue weighted by Gasteiger charge is 2.17. The predicted molar refractivity (Wildman–Crippen MR) is 87.2 cm³/mol. The van der Waals surface area contributed by atoms with Crippen LogP contribution in [-0.4, -0.2) is 11.5 Å². The molecular weight excluding hydrogens is 285 g/mol. The molecule has 0 saturated carbocycles. The molecule has 0 amide bonds. The molecule has 5 heteroatoms. The molecule has 0 atom stereocenters. The van der Waals surface area contributed by atoms with Gasteiger partial charge >= 0.3 is 0 Å². The topological polar surface area (TPSA) is 42.1 Å². The van der Waals surface area contributed by atoms with Gasteiger partial charge in [-0.05, 0) is 36.6 Å². The molecule has 0 bridgehead atoms. The van der Waals surface area contributed by atoms with Gasteiger partial charge in [-0.2, -0.15) is 0 Å². The fourth-order valence-corrected chi connectivity index (χ4v) is 3.18. The minimum Gasteiger partial charge on any atom is -0.398 e. The van der Waals surface area contributed by atoms with E-state index in [0.717, 1.165) is 5.39 Å². The Morgan fingerprint density at radius 3 is 2.90 bits per heavy atom. The minimum atomic E-state index is -0.322. The first kappa shape index (κ1) is 13.8. The molecular formula is C16H16FN3S. The predicted octanol–water partition coefficient (Wildman–Crippen LogP) is 4.04. The van der Waals surface area contributed by atoms with Crippen molar-refractivity contribution in [2.75, 3.05) is 17.2 Å². The maximum atomic E-state index is 14.5. The van der Waals surface area contributed by atoms with E-state index in [2.05, 4.69) is 11.1 Å². The van der Waals surface area contributed by atoms with E-state index in [0.29, 0.717) is 30.0 Å². The van der Waals surface area contributed by atoms with E-state index in [1.54, 1.807) is 17.5 Å². The van der Waals surface area contributed by atoms with Crippen LogP contribution in [0.25, 0.3) is 10.9 Å². The molecule has 0 aliphatic carbocycles. The first-order valence-electron chi connectivity index (χ1n) is 6.80. The summed E-state index contributed by atoms with van der Waals surface area (Å²) in [6.07, 6.45) is 1.67. The zero-order valence-corrected chi connectivity index (χ0v) is 12.5. The van der Waals surface area contributed by atoms with Gasteiger partial charge in [-0.15, -0.1) is 11.3 Å². The molecule has 0 radical (unpaired) electrons. The summed E-state index contributed by atoms with van der Waals surface area (Å²) in [7, 11) is 0. The number of anilines is 2. The molecule has 3 nitrogen and oxygen atoms in total. The maximum absolute atomic E-state index is 14.5. The molecule has 0 fully saturated rings. The van der Waals surface area contributed by atoms with E-state index >= 15 is 0 Å². The molecule has 3 rings (SSSR count). The van der Waals surface area contributed by atoms with Crippen molar-refractivity contribution in [1.29, 1.82) is 0 Å². The summed E-state index contributed by atoms with van der Waals surface area (Å²) in [5, 5.41) is 2.82. The van der Waals surface area contributed by atoms with Gasteiger partial charge in [0.2, 0.25) is 0 Å². The van der Waals surface area contributed by atoms with E-state index in [-0.39, 0.29) is 5.82 Å². The van der Waals surface area contributed by atoms with Gasteiger partial charge in [-0.3, -0.25) is 4.98 Å². The second-order valence-electron chi connectivity index (χ2n) is 4.79. The van der Waals surface area contributed by atoms with Crippen LogP contribution in [-0.2, 0) is 6.54 Å². The van der Waals surface area contributed by atoms with Crippen LogP contribution in [0.4, 0.5) is 15.8 Å². The van der Waals surface area contributed by atoms with E-state index in [9.17, 15) is 4.39 Å². The molecule has 1 aromatic carbocycles. The van der Waals surface area contributed by atoms with Gasteiger partial charge in [0, 0.05) is 28.7 Å². The lowest BCUT2D eigenvalue weighted by molar-refractivity contribution is 0.621. The summed E-state index contributed by atoms with van der Waals surface area (Å²) in [6, 6.07) is 9.13. The van der Waals surface area contributed by atoms with Crippen molar-refractivity contribution >= 4 is 33.6 Å². The van der Waals surface area contributed by atoms with Gasteiger partial charge in [0.25, 0.3) is 0 Å². The van der Waals surface area contributed by atoms with Crippen molar-refractivity contribution in [2.45, 2.75) is 13.5 Å². The van der Waals surface area contributed by atoms with Gasteiger partial charge in [0.15, 0.2) is 5.82 Å². The van der Waals surface area contributed by atoms with Crippen molar-refractivity contribution in [3.05, 3.63) is 52.6 Å². The Bertz CT molecular complexity index is 756. The molecule has 21 heavy (non-hydrogen) atoms. The summed E-state index contributed by atoms with van der Waals surface area (Å²) in [6.45, 7) is 3.38. The molecule has 0 spiro atoms. The van der Waals surface area contributed by atoms with E-state index in [1.165, 1.54) is 10.9 Å². The number of benzene rings is 1. The van der Waals surface area contributed by atoms with Gasteiger partial charge in [0.05, 0.1) is 12.1 Å². The minimum absolute atomic E-state index is 0.322. The Labute approximate surface area is 126 Å². The molecule has 0 aliphatic heterocycles. The third kappa shape index (κ3) is 2.56. The highest BCUT2D eigenvalue weighted by Crippen LogP contribution is 2.33. The van der Waals surface area contributed by atoms with Crippen molar-refractivity contribution < 1.29 is 4.39 Å². The average Bonchev–Trinajstić information content (AvgIpc) is 2.99. The molecule has 108 valence electrons. The van der Waals surface area contributed by atoms with Crippen molar-refractivity contribution in [3.63, 3.8) is 0 Å². The van der Waals surface area contributed by atoms with Crippen molar-refractivity contribution in [3.8, 4) is 0 Å². The standard InChI is InChI=1S/C16H16FN3S/c1-2-20(10-11-5-4-8-21-11)16-13(17)9-14(18)12-6-3-7-19-15(12)16/h3-9H,2,10,18H2,1H3. The number of hydrogen-bond acceptors (Lipinski definition) is 4. The van der Waals surface area contributed by atoms with Crippen LogP contribution in [0.1, 0.15) is 11.8 Å². The average molecular weight is 301 g/mol. The lowest BCUT2D eigenvalue weighted by atomic mass is 10.1. The number of thiophene rings is 1. The third-order valence-corrected chi connectivity index (χ3v) is 4.34. The number of hydrogen-bond donors (Lipinski definition) is 1. The Morgan fingerprint density at radius 2 is 2.19 bits per heavy atom. The number of fused-ring (bicyclic) bond motifs is 1. The summed E-state index contributed by atoms with van der Waals surface area (Å²) < 4.78 is 14.5. The van der Waals surface area contributed by atoms with Crippen molar-refractivity contribution in [1.82, 2.24) is 4.98 Å². The van der Waals surface area contributed by atoms with E-state index in [4.69, 9.17) is 5.73 Å². The van der Waals surface area contributed by atoms with Crippen LogP contribution in [0, 0.1) is 5.82 Å². The lowest BCUT2D eigenvalue weighted by Crippen LogP contribution is -2.23. The van der Waals surface area contributed by atoms with Crippen LogP contribution in [0.2, 0.25) is 0 Å². The second-order valence-corrected chi connectivity index (χ2v) is 5.82. The molecule has 2 aromatic heterocycles. The lowest BCUT2D eigenvalue weighted by Gasteiger charge is -2.24. The van der Waals surface area contributed by atoms with Crippen LogP contribution < -0.4 is 10.6 Å². The van der Waals surface area contributed by atoms with Gasteiger partial charge in [0.1, 0.15) is 5.69 Å². The quantitative estimate of drug-likeness (QED) is 0.739. The highest BCUT2D eigenvalue weighted by atomic mass is 32.1. The summed E-state index contributed by atoms with van der Waals surface area (Å²) in [5.74, 6) is -0.322. The number of nitrogens with two attached hydrogens (primary N) is 1. The zero-order chi connectivity index (χ0) is 14.8. The Morgan fingerprint density at radius 1 is 1.33 bits per heavy atom. The molecule has 2 heterocycles. The Hall–Kier alpha value is -2.14. The third-order valence-electron chi connectivity index (χ3n) is 3.48. The highest BCUT2D eigenvalue weighted by molar-refractivity contribution is 7.09. The maximum Gasteiger partial charge on any atom is 0.150 e. The molecule has 3 aromatic rings. The summed E-state index contributed by atoms with van der Waals surface area (Å²) in [4.78, 5) is 7.53. The van der Waals surface area contributed by atoms with Gasteiger partial charge < -0.3 is 10.6 Å². The van der Waals surface area contributed by atoms with Gasteiger partial charge in [-0.1, -0.05) is 6.07 Å². The Balaban J connectivity index is 2.13. The largest absolute Gasteiger partial charge is 0.398 e. The molecule has 0 saturated heterocycles. The smallest absolute Gasteiger partial charge is 0.150 e. The van der Waals surface area contributed by atoms with E-state index in [1.807, 2.05) is 35.4 Å². The number of rotatable bonds is 4. The molecule has 2 N–H and O–H groups in total. The van der Waals surface area contributed by atoms with Gasteiger partial charge in [-0.25, -0.2) is 4.39 Å². The molecule has 0 unspecified atom stereocenters. The SMILES string of the molecule is CCN(Cc1cccs1)c1c(F)cc(N)c2cccnc12. The zero-order valence-electron chi connectivity index (χ0n) is 11.7. The first-order valence-corrected chi connectivity index (χ1v) is 7.68. The monoisotopic (exact) mass is 301 g/mol. The molecule has 0 aliphatic rings. The van der Waals surface area contributed by atoms with Crippen LogP contribution in [0.5, 0.6) is 0 Å². The normalized spacial score (nSPS) is 11.0. The number of pyridine rings is 1. The summed E-state index contributed by atoms with van der Waals surface area (Å²) in [5.41, 5.74) is 7.47. The number of nitrogens with zero attached hydrogens (tertiary/aromatic N) is 2. The Kier molecular flexibility index (Phi) is 3.75. The van der Waals surface area contributed by atoms with Crippen LogP contribution in [0.15, 0.2) is 41.9 Å². The van der Waals surface area contributed by atoms with Crippen molar-refractivity contribution in [2.24, 2.45) is 0 Å². The van der Waals surface area contributed by atoms with Crippen LogP contribution in [0.3, 0.4) is 0 Å². The number of aromatic nitrogens is 1. The first-order chi connectivity index (χ1) is 10.2. The fraction of sp³-hybridized carbons (Fsp3) is 0.188. The van der Waals surface area contributed by atoms with Crippen LogP contribution >= 0.6 is 11.3 Å². The van der Waals surface area contributed by atoms with E-state index < -0.39 is 0 Å². The number of halogens is 1. The number of nitrogen functional groups attached to an aromatic ring is 1. The fourth-order valence-electron chi connectivity index (χ4n) is 2.46. The summed E-state index contributed by atoms with van der Waals surface area (Å²) >= 11 is 1.67. The second kappa shape index (κ2) is 5.69.